The smallest absolute Gasteiger partial charge is 0.135 e. The molecule has 0 unspecified atom stereocenters. The van der Waals surface area contributed by atoms with Gasteiger partial charge >= 0.3 is 0 Å². The highest BCUT2D eigenvalue weighted by Crippen LogP contribution is 2.45. The zero-order chi connectivity index (χ0) is 14.3. The highest BCUT2D eigenvalue weighted by Gasteiger charge is 2.51. The van der Waals surface area contributed by atoms with Crippen molar-refractivity contribution < 1.29 is 9.47 Å². The molecule has 5 heteroatoms. The van der Waals surface area contributed by atoms with Crippen molar-refractivity contribution in [1.29, 1.82) is 0 Å². The molecular formula is C15H19BrN2O2. The minimum atomic E-state index is 0.0106. The summed E-state index contributed by atoms with van der Waals surface area (Å²) in [6.07, 6.45) is 4.49. The monoisotopic (exact) mass is 338 g/mol. The maximum atomic E-state index is 6.08. The Morgan fingerprint density at radius 2 is 2.25 bits per heavy atom. The van der Waals surface area contributed by atoms with Crippen LogP contribution in [0.15, 0.2) is 21.6 Å². The molecule has 2 saturated heterocycles. The highest BCUT2D eigenvalue weighted by atomic mass is 79.9. The van der Waals surface area contributed by atoms with Crippen LogP contribution in [-0.2, 0) is 4.74 Å². The van der Waals surface area contributed by atoms with Gasteiger partial charge in [-0.3, -0.25) is 4.99 Å². The molecule has 0 amide bonds. The Hall–Kier alpha value is -1.07. The first-order valence-corrected chi connectivity index (χ1v) is 7.69. The van der Waals surface area contributed by atoms with Crippen molar-refractivity contribution in [1.82, 2.24) is 0 Å². The number of nitrogen functional groups attached to an aromatic ring is 1. The van der Waals surface area contributed by atoms with Crippen molar-refractivity contribution in [2.45, 2.75) is 44.4 Å². The second kappa shape index (κ2) is 5.04. The molecule has 0 radical (unpaired) electrons. The number of fused-ring (bicyclic) bond motifs is 1. The summed E-state index contributed by atoms with van der Waals surface area (Å²) in [5.41, 5.74) is 7.69. The van der Waals surface area contributed by atoms with E-state index in [0.717, 1.165) is 35.2 Å². The lowest BCUT2D eigenvalue weighted by atomic mass is 9.79. The molecule has 4 rings (SSSR count). The number of halogens is 1. The number of aliphatic imine (C=N–C) groups is 1. The lowest BCUT2D eigenvalue weighted by molar-refractivity contribution is 0.123. The molecule has 1 aliphatic carbocycles. The Labute approximate surface area is 127 Å². The normalized spacial score (nSPS) is 28.1. The fraction of sp³-hybridized carbons (Fsp3) is 0.533. The third-order valence-electron chi connectivity index (χ3n) is 3.78. The number of rotatable bonds is 4. The van der Waals surface area contributed by atoms with E-state index >= 15 is 0 Å². The van der Waals surface area contributed by atoms with Gasteiger partial charge in [-0.25, -0.2) is 0 Å². The molecule has 1 aromatic carbocycles. The largest absolute Gasteiger partial charge is 0.490 e. The number of anilines is 1. The Morgan fingerprint density at radius 3 is 2.85 bits per heavy atom. The van der Waals surface area contributed by atoms with Crippen LogP contribution in [0.4, 0.5) is 5.69 Å². The fourth-order valence-corrected chi connectivity index (χ4v) is 3.14. The van der Waals surface area contributed by atoms with Gasteiger partial charge in [0.2, 0.25) is 0 Å². The first kappa shape index (κ1) is 13.9. The van der Waals surface area contributed by atoms with Crippen LogP contribution in [0, 0.1) is 0 Å². The van der Waals surface area contributed by atoms with E-state index < -0.39 is 0 Å². The van der Waals surface area contributed by atoms with Crippen LogP contribution in [0.3, 0.4) is 0 Å². The first-order chi connectivity index (χ1) is 9.47. The summed E-state index contributed by atoms with van der Waals surface area (Å²) in [6, 6.07) is 3.80. The van der Waals surface area contributed by atoms with E-state index in [4.69, 9.17) is 20.2 Å². The van der Waals surface area contributed by atoms with Crippen molar-refractivity contribution >= 4 is 27.8 Å². The van der Waals surface area contributed by atoms with E-state index in [0.29, 0.717) is 11.8 Å². The predicted molar refractivity (Wildman–Crippen MR) is 83.6 cm³/mol. The lowest BCUT2D eigenvalue weighted by Gasteiger charge is -2.31. The van der Waals surface area contributed by atoms with Gasteiger partial charge in [-0.05, 0) is 35.8 Å². The van der Waals surface area contributed by atoms with Gasteiger partial charge in [-0.2, -0.15) is 0 Å². The van der Waals surface area contributed by atoms with Gasteiger partial charge in [0.05, 0.1) is 28.8 Å². The minimum Gasteiger partial charge on any atom is -0.490 e. The molecule has 0 atom stereocenters. The summed E-state index contributed by atoms with van der Waals surface area (Å²) in [4.78, 5) is 4.69. The summed E-state index contributed by atoms with van der Waals surface area (Å²) >= 11 is 3.52. The number of nitrogens with zero attached hydrogens (tertiary/aromatic N) is 1. The van der Waals surface area contributed by atoms with Crippen LogP contribution in [0.25, 0.3) is 0 Å². The van der Waals surface area contributed by atoms with Crippen LogP contribution in [-0.4, -0.2) is 30.6 Å². The zero-order valence-corrected chi connectivity index (χ0v) is 13.3. The van der Waals surface area contributed by atoms with E-state index in [1.165, 1.54) is 0 Å². The molecule has 0 aromatic heterocycles. The average Bonchev–Trinajstić information content (AvgIpc) is 2.90. The predicted octanol–water partition coefficient (Wildman–Crippen LogP) is 3.17. The number of hydrogen-bond acceptors (Lipinski definition) is 4. The topological polar surface area (TPSA) is 56.8 Å². The third-order valence-corrected chi connectivity index (χ3v) is 4.40. The molecule has 4 nitrogen and oxygen atoms in total. The summed E-state index contributed by atoms with van der Waals surface area (Å²) in [5, 5.41) is 0. The van der Waals surface area contributed by atoms with Gasteiger partial charge in [0.15, 0.2) is 0 Å². The summed E-state index contributed by atoms with van der Waals surface area (Å²) in [7, 11) is 0. The molecule has 108 valence electrons. The summed E-state index contributed by atoms with van der Waals surface area (Å²) in [5.74, 6) is 0.765. The SMILES string of the molecule is CC(C)Oc1cc(N)c(C=NC23COC(C2)C3)cc1Br. The van der Waals surface area contributed by atoms with Crippen molar-refractivity contribution in [3.8, 4) is 5.75 Å². The molecule has 1 saturated carbocycles. The number of ether oxygens (including phenoxy) is 2. The van der Waals surface area contributed by atoms with Crippen LogP contribution in [0.2, 0.25) is 0 Å². The molecule has 20 heavy (non-hydrogen) atoms. The quantitative estimate of drug-likeness (QED) is 0.677. The van der Waals surface area contributed by atoms with Crippen LogP contribution < -0.4 is 10.5 Å². The van der Waals surface area contributed by atoms with Crippen LogP contribution in [0.1, 0.15) is 32.3 Å². The van der Waals surface area contributed by atoms with Crippen LogP contribution in [0.5, 0.6) is 5.75 Å². The second-order valence-electron chi connectivity index (χ2n) is 5.90. The molecule has 3 fully saturated rings. The van der Waals surface area contributed by atoms with Crippen molar-refractivity contribution in [2.24, 2.45) is 4.99 Å². The van der Waals surface area contributed by atoms with Crippen molar-refractivity contribution in [3.05, 3.63) is 22.2 Å². The van der Waals surface area contributed by atoms with E-state index in [-0.39, 0.29) is 11.6 Å². The fourth-order valence-electron chi connectivity index (χ4n) is 2.69. The molecule has 2 heterocycles. The Balaban J connectivity index is 1.80. The first-order valence-electron chi connectivity index (χ1n) is 6.90. The van der Waals surface area contributed by atoms with Gasteiger partial charge in [0, 0.05) is 36.4 Å². The molecule has 2 bridgehead atoms. The standard InChI is InChI=1S/C15H19BrN2O2/c1-9(2)20-14-4-13(17)10(3-12(14)16)7-18-15-5-11(6-15)19-8-15/h3-4,7,9,11H,5-6,8,17H2,1-2H3. The third kappa shape index (κ3) is 2.56. The Morgan fingerprint density at radius 1 is 1.50 bits per heavy atom. The molecule has 2 aliphatic heterocycles. The molecule has 1 aromatic rings. The van der Waals surface area contributed by atoms with E-state index in [1.807, 2.05) is 32.2 Å². The highest BCUT2D eigenvalue weighted by molar-refractivity contribution is 9.10. The van der Waals surface area contributed by atoms with E-state index in [2.05, 4.69) is 15.9 Å². The van der Waals surface area contributed by atoms with E-state index in [9.17, 15) is 0 Å². The maximum absolute atomic E-state index is 6.08. The van der Waals surface area contributed by atoms with Gasteiger partial charge in [-0.1, -0.05) is 0 Å². The molecule has 2 N–H and O–H groups in total. The maximum Gasteiger partial charge on any atom is 0.135 e. The lowest BCUT2D eigenvalue weighted by Crippen LogP contribution is -2.37. The van der Waals surface area contributed by atoms with E-state index in [1.54, 1.807) is 0 Å². The second-order valence-corrected chi connectivity index (χ2v) is 6.76. The zero-order valence-electron chi connectivity index (χ0n) is 11.7. The average molecular weight is 339 g/mol. The Kier molecular flexibility index (Phi) is 3.50. The van der Waals surface area contributed by atoms with Gasteiger partial charge in [-0.15, -0.1) is 0 Å². The Bertz CT molecular complexity index is 546. The van der Waals surface area contributed by atoms with Crippen molar-refractivity contribution in [3.63, 3.8) is 0 Å². The molecule has 3 aliphatic rings. The van der Waals surface area contributed by atoms with Gasteiger partial charge in [0.1, 0.15) is 5.75 Å². The molecule has 0 spiro atoms. The van der Waals surface area contributed by atoms with Gasteiger partial charge in [0.25, 0.3) is 0 Å². The number of benzene rings is 1. The summed E-state index contributed by atoms with van der Waals surface area (Å²) < 4.78 is 12.2. The number of nitrogens with two attached hydrogens (primary N) is 1. The summed E-state index contributed by atoms with van der Waals surface area (Å²) in [6.45, 7) is 4.72. The van der Waals surface area contributed by atoms with Crippen LogP contribution >= 0.6 is 15.9 Å². The van der Waals surface area contributed by atoms with Crippen molar-refractivity contribution in [2.75, 3.05) is 12.3 Å². The molecular weight excluding hydrogens is 320 g/mol. The number of hydrogen-bond donors (Lipinski definition) is 1. The van der Waals surface area contributed by atoms with Gasteiger partial charge < -0.3 is 15.2 Å². The minimum absolute atomic E-state index is 0.0106.